The Labute approximate surface area is 153 Å². The van der Waals surface area contributed by atoms with Crippen molar-refractivity contribution in [2.45, 2.75) is 6.92 Å². The number of fused-ring (bicyclic) bond motifs is 3. The highest BCUT2D eigenvalue weighted by Crippen LogP contribution is 2.42. The van der Waals surface area contributed by atoms with E-state index in [4.69, 9.17) is 0 Å². The van der Waals surface area contributed by atoms with Crippen LogP contribution in [0.25, 0.3) is 44.8 Å². The first-order chi connectivity index (χ1) is 12.7. The molecule has 0 bridgehead atoms. The maximum absolute atomic E-state index is 9.90. The molecule has 4 rings (SSSR count). The van der Waals surface area contributed by atoms with Crippen molar-refractivity contribution in [2.24, 2.45) is 0 Å². The number of phenols is 1. The van der Waals surface area contributed by atoms with Gasteiger partial charge in [0.25, 0.3) is 0 Å². The van der Waals surface area contributed by atoms with Gasteiger partial charge >= 0.3 is 0 Å². The van der Waals surface area contributed by atoms with Crippen LogP contribution < -0.4 is 0 Å². The summed E-state index contributed by atoms with van der Waals surface area (Å²) < 4.78 is 0. The minimum Gasteiger partial charge on any atom is -0.508 e. The molecule has 0 saturated carbocycles. The summed E-state index contributed by atoms with van der Waals surface area (Å²) in [5, 5.41) is 14.4. The van der Waals surface area contributed by atoms with Gasteiger partial charge in [-0.25, -0.2) is 0 Å². The van der Waals surface area contributed by atoms with E-state index < -0.39 is 0 Å². The van der Waals surface area contributed by atoms with Crippen LogP contribution in [0.2, 0.25) is 0 Å². The first-order valence-corrected chi connectivity index (χ1v) is 8.68. The monoisotopic (exact) mass is 336 g/mol. The van der Waals surface area contributed by atoms with Gasteiger partial charge in [0.1, 0.15) is 5.75 Å². The number of hydrogen-bond acceptors (Lipinski definition) is 1. The van der Waals surface area contributed by atoms with E-state index in [2.05, 4.69) is 56.5 Å². The third-order valence-electron chi connectivity index (χ3n) is 5.08. The Hall–Kier alpha value is -3.32. The van der Waals surface area contributed by atoms with Crippen LogP contribution in [-0.4, -0.2) is 5.11 Å². The first kappa shape index (κ1) is 16.2. The zero-order chi connectivity index (χ0) is 18.3. The van der Waals surface area contributed by atoms with E-state index >= 15 is 0 Å². The van der Waals surface area contributed by atoms with Gasteiger partial charge in [0.2, 0.25) is 0 Å². The number of aromatic hydroxyl groups is 1. The second-order valence-electron chi connectivity index (χ2n) is 6.50. The number of phenolic OH excluding ortho intramolecular Hbond substituents is 1. The molecular formula is C25H20O. The normalized spacial score (nSPS) is 11.0. The molecule has 0 heterocycles. The number of benzene rings is 4. The summed E-state index contributed by atoms with van der Waals surface area (Å²) in [6.07, 6.45) is 3.83. The van der Waals surface area contributed by atoms with Gasteiger partial charge in [-0.05, 0) is 68.4 Å². The Morgan fingerprint density at radius 1 is 0.808 bits per heavy atom. The molecule has 0 saturated heterocycles. The van der Waals surface area contributed by atoms with Gasteiger partial charge in [-0.15, -0.1) is 0 Å². The molecule has 0 aliphatic carbocycles. The van der Waals surface area contributed by atoms with Crippen molar-refractivity contribution in [3.05, 3.63) is 90.5 Å². The Morgan fingerprint density at radius 2 is 1.50 bits per heavy atom. The molecule has 1 heteroatoms. The summed E-state index contributed by atoms with van der Waals surface area (Å²) in [6, 6.07) is 20.2. The summed E-state index contributed by atoms with van der Waals surface area (Å²) >= 11 is 0. The fourth-order valence-electron chi connectivity index (χ4n) is 3.93. The predicted molar refractivity (Wildman–Crippen MR) is 113 cm³/mol. The van der Waals surface area contributed by atoms with E-state index in [0.29, 0.717) is 0 Å². The average molecular weight is 336 g/mol. The minimum atomic E-state index is 0.279. The molecule has 0 radical (unpaired) electrons. The predicted octanol–water partition coefficient (Wildman–Crippen LogP) is 6.96. The number of hydrogen-bond donors (Lipinski definition) is 1. The molecule has 4 aromatic rings. The first-order valence-electron chi connectivity index (χ1n) is 8.68. The van der Waals surface area contributed by atoms with Gasteiger partial charge in [-0.3, -0.25) is 0 Å². The van der Waals surface area contributed by atoms with Crippen LogP contribution in [0.5, 0.6) is 5.75 Å². The van der Waals surface area contributed by atoms with Gasteiger partial charge in [-0.2, -0.15) is 0 Å². The van der Waals surface area contributed by atoms with E-state index in [1.807, 2.05) is 30.4 Å². The summed E-state index contributed by atoms with van der Waals surface area (Å²) in [5.74, 6) is 0.279. The minimum absolute atomic E-state index is 0.279. The zero-order valence-electron chi connectivity index (χ0n) is 14.8. The van der Waals surface area contributed by atoms with Crippen LogP contribution in [0.1, 0.15) is 16.7 Å². The quantitative estimate of drug-likeness (QED) is 0.401. The molecule has 0 amide bonds. The van der Waals surface area contributed by atoms with Crippen molar-refractivity contribution in [1.29, 1.82) is 0 Å². The standard InChI is InChI=1S/C25H20O/c1-4-20-16(3)24(17-9-7-6-8-10-17)25-22-14-12-19(26)15-18(22)11-13-23(25)21(20)5-2/h4-15,26H,1-2H2,3H3. The molecule has 26 heavy (non-hydrogen) atoms. The van der Waals surface area contributed by atoms with Crippen molar-refractivity contribution < 1.29 is 5.11 Å². The van der Waals surface area contributed by atoms with Crippen molar-refractivity contribution >= 4 is 33.7 Å². The fraction of sp³-hybridized carbons (Fsp3) is 0.0400. The average Bonchev–Trinajstić information content (AvgIpc) is 2.67. The third-order valence-corrected chi connectivity index (χ3v) is 5.08. The number of rotatable bonds is 3. The van der Waals surface area contributed by atoms with Gasteiger partial charge in [0.15, 0.2) is 0 Å². The molecule has 0 spiro atoms. The molecule has 4 aromatic carbocycles. The molecule has 0 aliphatic heterocycles. The van der Waals surface area contributed by atoms with Gasteiger partial charge in [0, 0.05) is 0 Å². The molecule has 1 nitrogen and oxygen atoms in total. The molecule has 0 unspecified atom stereocenters. The molecular weight excluding hydrogens is 316 g/mol. The van der Waals surface area contributed by atoms with Crippen LogP contribution >= 0.6 is 0 Å². The van der Waals surface area contributed by atoms with E-state index in [-0.39, 0.29) is 5.75 Å². The van der Waals surface area contributed by atoms with Crippen molar-refractivity contribution in [2.75, 3.05) is 0 Å². The van der Waals surface area contributed by atoms with Crippen LogP contribution in [0.15, 0.2) is 73.8 Å². The van der Waals surface area contributed by atoms with Crippen molar-refractivity contribution in [3.63, 3.8) is 0 Å². The van der Waals surface area contributed by atoms with E-state index in [1.165, 1.54) is 22.1 Å². The Kier molecular flexibility index (Phi) is 3.85. The highest BCUT2D eigenvalue weighted by atomic mass is 16.3. The SMILES string of the molecule is C=Cc1c(C)c(-c2ccccc2)c2c(ccc3cc(O)ccc32)c1C=C. The summed E-state index contributed by atoms with van der Waals surface area (Å²) in [5.41, 5.74) is 5.78. The zero-order valence-corrected chi connectivity index (χ0v) is 14.8. The van der Waals surface area contributed by atoms with Crippen molar-refractivity contribution in [3.8, 4) is 16.9 Å². The van der Waals surface area contributed by atoms with Gasteiger partial charge in [0.05, 0.1) is 0 Å². The second kappa shape index (κ2) is 6.20. The van der Waals surface area contributed by atoms with Gasteiger partial charge < -0.3 is 5.11 Å². The maximum atomic E-state index is 9.90. The van der Waals surface area contributed by atoms with E-state index in [9.17, 15) is 5.11 Å². The van der Waals surface area contributed by atoms with Crippen molar-refractivity contribution in [1.82, 2.24) is 0 Å². The Morgan fingerprint density at radius 3 is 2.19 bits per heavy atom. The smallest absolute Gasteiger partial charge is 0.116 e. The third kappa shape index (κ3) is 2.33. The molecule has 0 fully saturated rings. The summed E-state index contributed by atoms with van der Waals surface area (Å²) in [7, 11) is 0. The lowest BCUT2D eigenvalue weighted by molar-refractivity contribution is 0.476. The van der Waals surface area contributed by atoms with E-state index in [0.717, 1.165) is 27.3 Å². The fourth-order valence-corrected chi connectivity index (χ4v) is 3.93. The lowest BCUT2D eigenvalue weighted by Gasteiger charge is -2.19. The summed E-state index contributed by atoms with van der Waals surface area (Å²) in [6.45, 7) is 10.2. The molecule has 0 aliphatic rings. The van der Waals surface area contributed by atoms with Crippen LogP contribution in [0, 0.1) is 6.92 Å². The highest BCUT2D eigenvalue weighted by molar-refractivity contribution is 6.18. The largest absolute Gasteiger partial charge is 0.508 e. The van der Waals surface area contributed by atoms with E-state index in [1.54, 1.807) is 6.07 Å². The lowest BCUT2D eigenvalue weighted by atomic mass is 9.84. The Bertz CT molecular complexity index is 1170. The maximum Gasteiger partial charge on any atom is 0.116 e. The van der Waals surface area contributed by atoms with Crippen LogP contribution in [-0.2, 0) is 0 Å². The second-order valence-corrected chi connectivity index (χ2v) is 6.50. The molecule has 0 aromatic heterocycles. The van der Waals surface area contributed by atoms with Crippen LogP contribution in [0.3, 0.4) is 0 Å². The molecule has 126 valence electrons. The van der Waals surface area contributed by atoms with Gasteiger partial charge in [-0.1, -0.05) is 73.8 Å². The van der Waals surface area contributed by atoms with Crippen LogP contribution in [0.4, 0.5) is 0 Å². The molecule has 1 N–H and O–H groups in total. The Balaban J connectivity index is 2.32. The highest BCUT2D eigenvalue weighted by Gasteiger charge is 2.17. The lowest BCUT2D eigenvalue weighted by Crippen LogP contribution is -1.96. The topological polar surface area (TPSA) is 20.2 Å². The summed E-state index contributed by atoms with van der Waals surface area (Å²) in [4.78, 5) is 0. The molecule has 0 atom stereocenters.